The van der Waals surface area contributed by atoms with Crippen molar-refractivity contribution in [2.24, 2.45) is 5.92 Å². The van der Waals surface area contributed by atoms with Crippen molar-refractivity contribution in [1.29, 1.82) is 5.26 Å². The second-order valence-electron chi connectivity index (χ2n) is 5.68. The minimum Gasteiger partial charge on any atom is -0.423 e. The van der Waals surface area contributed by atoms with E-state index in [1.807, 2.05) is 13.8 Å². The summed E-state index contributed by atoms with van der Waals surface area (Å²) in [5.74, 6) is -4.29. The van der Waals surface area contributed by atoms with Gasteiger partial charge in [0.1, 0.15) is 34.8 Å². The number of hydrogen-bond donors (Lipinski definition) is 0. The molecule has 6 heteroatoms. The summed E-state index contributed by atoms with van der Waals surface area (Å²) in [5.41, 5.74) is -0.640. The molecule has 0 saturated carbocycles. The Hall–Kier alpha value is -2.81. The predicted molar refractivity (Wildman–Crippen MR) is 81.0 cm³/mol. The van der Waals surface area contributed by atoms with Crippen LogP contribution in [-0.4, -0.2) is 5.97 Å². The molecule has 0 radical (unpaired) electrons. The molecule has 24 heavy (non-hydrogen) atoms. The Morgan fingerprint density at radius 3 is 2.25 bits per heavy atom. The van der Waals surface area contributed by atoms with Crippen LogP contribution in [0, 0.1) is 34.7 Å². The quantitative estimate of drug-likeness (QED) is 0.616. The number of nitrogens with zero attached hydrogens (tertiary/aromatic N) is 1. The fourth-order valence-corrected chi connectivity index (χ4v) is 2.22. The van der Waals surface area contributed by atoms with Crippen molar-refractivity contribution in [2.45, 2.75) is 20.3 Å². The highest BCUT2D eigenvalue weighted by Gasteiger charge is 2.21. The molecular weight excluding hydrogens is 319 g/mol. The first kappa shape index (κ1) is 17.5. The number of nitriles is 1. The SMILES string of the molecule is CC(C)Cc1cc(F)c(C(=O)Oc2ccc(C#N)c(F)c2)c(F)c1. The summed E-state index contributed by atoms with van der Waals surface area (Å²) in [5, 5.41) is 8.63. The van der Waals surface area contributed by atoms with Gasteiger partial charge in [-0.05, 0) is 42.2 Å². The molecule has 0 aliphatic carbocycles. The molecule has 0 fully saturated rings. The molecule has 124 valence electrons. The molecule has 2 aromatic rings. The van der Waals surface area contributed by atoms with E-state index in [0.717, 1.165) is 24.3 Å². The van der Waals surface area contributed by atoms with Crippen LogP contribution in [0.15, 0.2) is 30.3 Å². The van der Waals surface area contributed by atoms with Crippen LogP contribution in [0.2, 0.25) is 0 Å². The Kier molecular flexibility index (Phi) is 5.24. The molecule has 0 atom stereocenters. The van der Waals surface area contributed by atoms with E-state index in [-0.39, 0.29) is 17.2 Å². The van der Waals surface area contributed by atoms with Crippen LogP contribution in [0.5, 0.6) is 5.75 Å². The molecule has 0 heterocycles. The molecule has 0 bridgehead atoms. The lowest BCUT2D eigenvalue weighted by Gasteiger charge is -2.10. The molecule has 0 saturated heterocycles. The van der Waals surface area contributed by atoms with Crippen molar-refractivity contribution >= 4 is 5.97 Å². The maximum Gasteiger partial charge on any atom is 0.349 e. The van der Waals surface area contributed by atoms with Crippen molar-refractivity contribution < 1.29 is 22.7 Å². The van der Waals surface area contributed by atoms with Crippen LogP contribution >= 0.6 is 0 Å². The second-order valence-corrected chi connectivity index (χ2v) is 5.68. The minimum atomic E-state index is -1.27. The van der Waals surface area contributed by atoms with E-state index in [1.165, 1.54) is 6.07 Å². The average Bonchev–Trinajstić information content (AvgIpc) is 2.45. The zero-order valence-electron chi connectivity index (χ0n) is 13.1. The molecular formula is C18H14F3NO2. The van der Waals surface area contributed by atoms with Gasteiger partial charge in [0, 0.05) is 6.07 Å². The second kappa shape index (κ2) is 7.18. The van der Waals surface area contributed by atoms with E-state index < -0.39 is 29.0 Å². The summed E-state index contributed by atoms with van der Waals surface area (Å²) >= 11 is 0. The first-order chi connectivity index (χ1) is 11.3. The Bertz CT molecular complexity index is 802. The lowest BCUT2D eigenvalue weighted by Crippen LogP contribution is -2.14. The van der Waals surface area contributed by atoms with Crippen LogP contribution in [0.4, 0.5) is 13.2 Å². The van der Waals surface area contributed by atoms with Crippen LogP contribution in [0.1, 0.15) is 35.3 Å². The van der Waals surface area contributed by atoms with E-state index in [0.29, 0.717) is 12.0 Å². The van der Waals surface area contributed by atoms with Gasteiger partial charge in [0.2, 0.25) is 0 Å². The molecule has 0 N–H and O–H groups in total. The summed E-state index contributed by atoms with van der Waals surface area (Å²) in [6.45, 7) is 3.80. The number of rotatable bonds is 4. The Balaban J connectivity index is 2.27. The highest BCUT2D eigenvalue weighted by molar-refractivity contribution is 5.91. The number of halogens is 3. The first-order valence-corrected chi connectivity index (χ1v) is 7.21. The van der Waals surface area contributed by atoms with E-state index in [9.17, 15) is 18.0 Å². The number of esters is 1. The molecule has 0 amide bonds. The fraction of sp³-hybridized carbons (Fsp3) is 0.222. The van der Waals surface area contributed by atoms with Crippen LogP contribution in [-0.2, 0) is 6.42 Å². The van der Waals surface area contributed by atoms with Crippen LogP contribution in [0.25, 0.3) is 0 Å². The lowest BCUT2D eigenvalue weighted by atomic mass is 10.0. The molecule has 2 aromatic carbocycles. The molecule has 2 rings (SSSR count). The van der Waals surface area contributed by atoms with Gasteiger partial charge in [0.15, 0.2) is 0 Å². The summed E-state index contributed by atoms with van der Waals surface area (Å²) in [7, 11) is 0. The van der Waals surface area contributed by atoms with Gasteiger partial charge >= 0.3 is 5.97 Å². The van der Waals surface area contributed by atoms with E-state index >= 15 is 0 Å². The van der Waals surface area contributed by atoms with E-state index in [1.54, 1.807) is 6.07 Å². The van der Waals surface area contributed by atoms with Crippen LogP contribution < -0.4 is 4.74 Å². The zero-order chi connectivity index (χ0) is 17.9. The largest absolute Gasteiger partial charge is 0.423 e. The summed E-state index contributed by atoms with van der Waals surface area (Å²) < 4.78 is 46.4. The standard InChI is InChI=1S/C18H14F3NO2/c1-10(2)5-11-6-15(20)17(16(21)7-11)18(23)24-13-4-3-12(9-22)14(19)8-13/h3-4,6-8,10H,5H2,1-2H3. The highest BCUT2D eigenvalue weighted by Crippen LogP contribution is 2.22. The zero-order valence-corrected chi connectivity index (χ0v) is 13.1. The van der Waals surface area contributed by atoms with Gasteiger partial charge in [0.05, 0.1) is 5.56 Å². The maximum absolute atomic E-state index is 14.1. The van der Waals surface area contributed by atoms with Crippen LogP contribution in [0.3, 0.4) is 0 Å². The number of hydrogen-bond acceptors (Lipinski definition) is 3. The third kappa shape index (κ3) is 3.93. The molecule has 0 aromatic heterocycles. The van der Waals surface area contributed by atoms with Crippen molar-refractivity contribution in [3.05, 3.63) is 64.5 Å². The average molecular weight is 333 g/mol. The maximum atomic E-state index is 14.1. The van der Waals surface area contributed by atoms with Gasteiger partial charge in [-0.15, -0.1) is 0 Å². The third-order valence-corrected chi connectivity index (χ3v) is 3.22. The van der Waals surface area contributed by atoms with Gasteiger partial charge in [-0.1, -0.05) is 13.8 Å². The van der Waals surface area contributed by atoms with Gasteiger partial charge in [-0.25, -0.2) is 18.0 Å². The topological polar surface area (TPSA) is 50.1 Å². The summed E-state index contributed by atoms with van der Waals surface area (Å²) in [6, 6.07) is 6.86. The first-order valence-electron chi connectivity index (χ1n) is 7.21. The van der Waals surface area contributed by atoms with Crippen molar-refractivity contribution in [3.63, 3.8) is 0 Å². The fourth-order valence-electron chi connectivity index (χ4n) is 2.22. The molecule has 0 aliphatic rings. The lowest BCUT2D eigenvalue weighted by molar-refractivity contribution is 0.0724. The number of ether oxygens (including phenoxy) is 1. The van der Waals surface area contributed by atoms with Gasteiger partial charge in [0.25, 0.3) is 0 Å². The highest BCUT2D eigenvalue weighted by atomic mass is 19.1. The third-order valence-electron chi connectivity index (χ3n) is 3.22. The Morgan fingerprint density at radius 2 is 1.75 bits per heavy atom. The van der Waals surface area contributed by atoms with Crippen molar-refractivity contribution in [2.75, 3.05) is 0 Å². The van der Waals surface area contributed by atoms with E-state index in [4.69, 9.17) is 10.00 Å². The number of carbonyl (C=O) groups is 1. The Morgan fingerprint density at radius 1 is 1.12 bits per heavy atom. The minimum absolute atomic E-state index is 0.197. The van der Waals surface area contributed by atoms with Crippen molar-refractivity contribution in [1.82, 2.24) is 0 Å². The monoisotopic (exact) mass is 333 g/mol. The predicted octanol–water partition coefficient (Wildman–Crippen LogP) is 4.39. The molecule has 0 aliphatic heterocycles. The Labute approximate surface area is 137 Å². The smallest absolute Gasteiger partial charge is 0.349 e. The van der Waals surface area contributed by atoms with Gasteiger partial charge in [-0.3, -0.25) is 0 Å². The van der Waals surface area contributed by atoms with Crippen molar-refractivity contribution in [3.8, 4) is 11.8 Å². The molecule has 0 spiro atoms. The normalized spacial score (nSPS) is 10.5. The van der Waals surface area contributed by atoms with E-state index in [2.05, 4.69) is 0 Å². The summed E-state index contributed by atoms with van der Waals surface area (Å²) in [4.78, 5) is 12.0. The number of carbonyl (C=O) groups excluding carboxylic acids is 1. The van der Waals surface area contributed by atoms with Gasteiger partial charge in [-0.2, -0.15) is 5.26 Å². The number of benzene rings is 2. The molecule has 0 unspecified atom stereocenters. The summed E-state index contributed by atoms with van der Waals surface area (Å²) in [6.07, 6.45) is 0.462. The van der Waals surface area contributed by atoms with Gasteiger partial charge < -0.3 is 4.74 Å². The molecule has 3 nitrogen and oxygen atoms in total.